The highest BCUT2D eigenvalue weighted by molar-refractivity contribution is 5.22. The van der Waals surface area contributed by atoms with Crippen molar-refractivity contribution in [1.29, 1.82) is 0 Å². The maximum atomic E-state index is 12.5. The fraction of sp³-hybridized carbons (Fsp3) is 0.615. The van der Waals surface area contributed by atoms with Gasteiger partial charge in [0.2, 0.25) is 5.88 Å². The minimum atomic E-state index is -4.38. The molecule has 0 radical (unpaired) electrons. The molecule has 1 rings (SSSR count). The van der Waals surface area contributed by atoms with Gasteiger partial charge in [0.05, 0.1) is 17.8 Å². The van der Waals surface area contributed by atoms with E-state index in [9.17, 15) is 13.2 Å². The highest BCUT2D eigenvalue weighted by Gasteiger charge is 2.30. The molecule has 0 N–H and O–H groups in total. The average molecular weight is 277 g/mol. The van der Waals surface area contributed by atoms with Gasteiger partial charge in [0.1, 0.15) is 0 Å². The van der Waals surface area contributed by atoms with Crippen LogP contribution in [-0.4, -0.2) is 24.3 Å². The third kappa shape index (κ3) is 5.46. The van der Waals surface area contributed by atoms with Crippen molar-refractivity contribution in [3.05, 3.63) is 23.9 Å². The van der Waals surface area contributed by atoms with E-state index in [-0.39, 0.29) is 11.5 Å². The Balaban J connectivity index is 2.46. The first-order valence-corrected chi connectivity index (χ1v) is 5.96. The normalized spacial score (nSPS) is 12.5. The van der Waals surface area contributed by atoms with Gasteiger partial charge in [-0.15, -0.1) is 0 Å². The van der Waals surface area contributed by atoms with Gasteiger partial charge in [-0.3, -0.25) is 0 Å². The summed E-state index contributed by atoms with van der Waals surface area (Å²) in [7, 11) is 1.62. The lowest BCUT2D eigenvalue weighted by Crippen LogP contribution is -2.23. The summed E-state index contributed by atoms with van der Waals surface area (Å²) in [6.45, 7) is 4.19. The van der Waals surface area contributed by atoms with Gasteiger partial charge < -0.3 is 9.47 Å². The van der Waals surface area contributed by atoms with Crippen LogP contribution in [0.15, 0.2) is 18.3 Å². The number of nitrogens with zero attached hydrogens (tertiary/aromatic N) is 1. The first-order valence-electron chi connectivity index (χ1n) is 5.96. The number of ether oxygens (including phenoxy) is 2. The molecule has 0 aliphatic heterocycles. The highest BCUT2D eigenvalue weighted by Crippen LogP contribution is 2.30. The lowest BCUT2D eigenvalue weighted by molar-refractivity contribution is -0.137. The summed E-state index contributed by atoms with van der Waals surface area (Å²) in [5.74, 6) is -0.00921. The molecule has 0 unspecified atom stereocenters. The van der Waals surface area contributed by atoms with Gasteiger partial charge in [0.25, 0.3) is 0 Å². The summed E-state index contributed by atoms with van der Waals surface area (Å²) < 4.78 is 47.8. The second kappa shape index (κ2) is 6.23. The zero-order valence-electron chi connectivity index (χ0n) is 11.3. The summed E-state index contributed by atoms with van der Waals surface area (Å²) in [5.41, 5.74) is -1.01. The molecule has 0 amide bonds. The van der Waals surface area contributed by atoms with Crippen molar-refractivity contribution >= 4 is 0 Å². The van der Waals surface area contributed by atoms with Crippen LogP contribution in [0.25, 0.3) is 0 Å². The zero-order valence-corrected chi connectivity index (χ0v) is 11.3. The number of rotatable bonds is 6. The van der Waals surface area contributed by atoms with Gasteiger partial charge in [-0.25, -0.2) is 4.98 Å². The molecule has 0 aromatic carbocycles. The molecular formula is C13H18F3NO2. The van der Waals surface area contributed by atoms with Crippen LogP contribution in [0.2, 0.25) is 0 Å². The second-order valence-corrected chi connectivity index (χ2v) is 4.80. The SMILES string of the molecule is COC(C)(C)CCCOc1cc(C(F)(F)F)ccn1. The first-order chi connectivity index (χ1) is 8.74. The quantitative estimate of drug-likeness (QED) is 0.743. The Labute approximate surface area is 110 Å². The van der Waals surface area contributed by atoms with E-state index in [2.05, 4.69) is 4.98 Å². The Morgan fingerprint density at radius 2 is 1.95 bits per heavy atom. The summed E-state index contributed by atoms with van der Waals surface area (Å²) in [5, 5.41) is 0. The maximum absolute atomic E-state index is 12.5. The average Bonchev–Trinajstić information content (AvgIpc) is 2.34. The minimum Gasteiger partial charge on any atom is -0.478 e. The van der Waals surface area contributed by atoms with Crippen molar-refractivity contribution in [2.45, 2.75) is 38.5 Å². The van der Waals surface area contributed by atoms with Crippen molar-refractivity contribution in [3.8, 4) is 5.88 Å². The molecule has 19 heavy (non-hydrogen) atoms. The number of methoxy groups -OCH3 is 1. The molecule has 0 saturated heterocycles. The topological polar surface area (TPSA) is 31.4 Å². The molecule has 108 valence electrons. The Kier molecular flexibility index (Phi) is 5.17. The van der Waals surface area contributed by atoms with Crippen LogP contribution in [-0.2, 0) is 10.9 Å². The number of halogens is 3. The molecule has 0 saturated carbocycles. The molecule has 3 nitrogen and oxygen atoms in total. The van der Waals surface area contributed by atoms with Gasteiger partial charge in [-0.2, -0.15) is 13.2 Å². The molecule has 0 spiro atoms. The molecule has 1 heterocycles. The smallest absolute Gasteiger partial charge is 0.416 e. The molecule has 0 aliphatic rings. The third-order valence-electron chi connectivity index (χ3n) is 2.79. The Morgan fingerprint density at radius 1 is 1.26 bits per heavy atom. The van der Waals surface area contributed by atoms with Crippen molar-refractivity contribution in [1.82, 2.24) is 4.98 Å². The molecule has 6 heteroatoms. The predicted molar refractivity (Wildman–Crippen MR) is 65.1 cm³/mol. The van der Waals surface area contributed by atoms with Crippen molar-refractivity contribution in [3.63, 3.8) is 0 Å². The summed E-state index contributed by atoms with van der Waals surface area (Å²) in [6.07, 6.45) is -1.85. The fourth-order valence-corrected chi connectivity index (χ4v) is 1.44. The molecule has 1 aromatic rings. The van der Waals surface area contributed by atoms with Gasteiger partial charge in [0.15, 0.2) is 0 Å². The first kappa shape index (κ1) is 15.8. The van der Waals surface area contributed by atoms with E-state index in [1.54, 1.807) is 7.11 Å². The molecular weight excluding hydrogens is 259 g/mol. The summed E-state index contributed by atoms with van der Waals surface area (Å²) in [6, 6.07) is 1.82. The van der Waals surface area contributed by atoms with Gasteiger partial charge in [-0.05, 0) is 32.8 Å². The zero-order chi connectivity index (χ0) is 14.5. The molecule has 0 bridgehead atoms. The van der Waals surface area contributed by atoms with Gasteiger partial charge in [-0.1, -0.05) is 0 Å². The number of hydrogen-bond donors (Lipinski definition) is 0. The summed E-state index contributed by atoms with van der Waals surface area (Å²) in [4.78, 5) is 3.75. The monoisotopic (exact) mass is 277 g/mol. The van der Waals surface area contributed by atoms with E-state index in [0.29, 0.717) is 13.0 Å². The molecule has 1 aromatic heterocycles. The predicted octanol–water partition coefficient (Wildman–Crippen LogP) is 3.68. The van der Waals surface area contributed by atoms with Gasteiger partial charge in [0, 0.05) is 19.4 Å². The van der Waals surface area contributed by atoms with Crippen LogP contribution in [0.5, 0.6) is 5.88 Å². The number of pyridine rings is 1. The van der Waals surface area contributed by atoms with Crippen LogP contribution < -0.4 is 4.74 Å². The maximum Gasteiger partial charge on any atom is 0.416 e. The van der Waals surface area contributed by atoms with Crippen LogP contribution >= 0.6 is 0 Å². The van der Waals surface area contributed by atoms with Crippen molar-refractivity contribution < 1.29 is 22.6 Å². The lowest BCUT2D eigenvalue weighted by atomic mass is 10.0. The van der Waals surface area contributed by atoms with E-state index in [0.717, 1.165) is 24.8 Å². The highest BCUT2D eigenvalue weighted by atomic mass is 19.4. The molecule has 0 aliphatic carbocycles. The van der Waals surface area contributed by atoms with E-state index in [1.165, 1.54) is 0 Å². The Morgan fingerprint density at radius 3 is 2.53 bits per heavy atom. The lowest BCUT2D eigenvalue weighted by Gasteiger charge is -2.22. The number of aromatic nitrogens is 1. The van der Waals surface area contributed by atoms with E-state index in [1.807, 2.05) is 13.8 Å². The fourth-order valence-electron chi connectivity index (χ4n) is 1.44. The second-order valence-electron chi connectivity index (χ2n) is 4.80. The van der Waals surface area contributed by atoms with Gasteiger partial charge >= 0.3 is 6.18 Å². The van der Waals surface area contributed by atoms with Crippen LogP contribution in [0.4, 0.5) is 13.2 Å². The Bertz CT molecular complexity index is 405. The number of alkyl halides is 3. The third-order valence-corrected chi connectivity index (χ3v) is 2.79. The molecule has 0 fully saturated rings. The standard InChI is InChI=1S/C13H18F3NO2/c1-12(2,18-3)6-4-8-19-11-9-10(5-7-17-11)13(14,15)16/h5,7,9H,4,6,8H2,1-3H3. The van der Waals surface area contributed by atoms with Crippen LogP contribution in [0.3, 0.4) is 0 Å². The Hall–Kier alpha value is -1.30. The summed E-state index contributed by atoms with van der Waals surface area (Å²) >= 11 is 0. The van der Waals surface area contributed by atoms with E-state index < -0.39 is 11.7 Å². The van der Waals surface area contributed by atoms with Crippen LogP contribution in [0.1, 0.15) is 32.3 Å². The molecule has 0 atom stereocenters. The largest absolute Gasteiger partial charge is 0.478 e. The van der Waals surface area contributed by atoms with E-state index >= 15 is 0 Å². The van der Waals surface area contributed by atoms with Crippen molar-refractivity contribution in [2.75, 3.05) is 13.7 Å². The van der Waals surface area contributed by atoms with Crippen LogP contribution in [0, 0.1) is 0 Å². The van der Waals surface area contributed by atoms with Crippen molar-refractivity contribution in [2.24, 2.45) is 0 Å². The number of hydrogen-bond acceptors (Lipinski definition) is 3. The van der Waals surface area contributed by atoms with E-state index in [4.69, 9.17) is 9.47 Å². The minimum absolute atomic E-state index is 0.00921.